The van der Waals surface area contributed by atoms with Crippen molar-refractivity contribution in [3.63, 3.8) is 0 Å². The molecule has 8 heteroatoms. The number of ether oxygens (including phenoxy) is 1. The third-order valence-electron chi connectivity index (χ3n) is 4.73. The van der Waals surface area contributed by atoms with Crippen molar-refractivity contribution in [2.24, 2.45) is 5.92 Å². The minimum Gasteiger partial charge on any atom is -0.391 e. The van der Waals surface area contributed by atoms with Crippen LogP contribution in [0, 0.1) is 12.8 Å². The number of carbonyl (C=O) groups excluding carboxylic acids is 1. The maximum atomic E-state index is 12.8. The number of hydrogen-bond acceptors (Lipinski definition) is 6. The van der Waals surface area contributed by atoms with E-state index in [9.17, 15) is 9.90 Å². The van der Waals surface area contributed by atoms with E-state index in [1.54, 1.807) is 4.90 Å². The Bertz CT molecular complexity index is 753. The zero-order valence-electron chi connectivity index (χ0n) is 13.5. The fraction of sp³-hybridized carbons (Fsp3) is 0.562. The number of aliphatic hydroxyl groups is 1. The Morgan fingerprint density at radius 3 is 3.17 bits per heavy atom. The monoisotopic (exact) mass is 332 g/mol. The number of β-amino-alcohol motifs (C(OH)–C–C–N with tert-alkyl or cyclic N) is 1. The minimum absolute atomic E-state index is 0.0627. The molecule has 4 rings (SSSR count). The highest BCUT2D eigenvalue weighted by atomic mass is 16.5. The van der Waals surface area contributed by atoms with Crippen LogP contribution in [0.4, 0.5) is 0 Å². The van der Waals surface area contributed by atoms with Gasteiger partial charge in [0, 0.05) is 49.2 Å². The third-order valence-corrected chi connectivity index (χ3v) is 4.73. The van der Waals surface area contributed by atoms with Gasteiger partial charge in [0.1, 0.15) is 5.76 Å². The van der Waals surface area contributed by atoms with Crippen molar-refractivity contribution in [3.8, 4) is 0 Å². The minimum atomic E-state index is -0.578. The summed E-state index contributed by atoms with van der Waals surface area (Å²) in [5.74, 6) is 0.511. The zero-order valence-corrected chi connectivity index (χ0v) is 13.5. The van der Waals surface area contributed by atoms with E-state index in [-0.39, 0.29) is 11.8 Å². The molecule has 2 N–H and O–H groups in total. The van der Waals surface area contributed by atoms with Crippen LogP contribution in [-0.2, 0) is 24.2 Å². The number of aromatic amines is 1. The zero-order chi connectivity index (χ0) is 16.7. The number of hydrogen-bond donors (Lipinski definition) is 2. The summed E-state index contributed by atoms with van der Waals surface area (Å²) in [5, 5.41) is 21.3. The lowest BCUT2D eigenvalue weighted by Crippen LogP contribution is -2.31. The van der Waals surface area contributed by atoms with Crippen LogP contribution in [0.2, 0.25) is 0 Å². The summed E-state index contributed by atoms with van der Waals surface area (Å²) in [6, 6.07) is 1.86. The number of aliphatic hydroxyl groups excluding tert-OH is 1. The molecule has 1 amide bonds. The normalized spacial score (nSPS) is 23.5. The summed E-state index contributed by atoms with van der Waals surface area (Å²) in [7, 11) is 0. The molecule has 2 aromatic rings. The van der Waals surface area contributed by atoms with Gasteiger partial charge in [-0.05, 0) is 6.92 Å². The van der Waals surface area contributed by atoms with Gasteiger partial charge < -0.3 is 19.3 Å². The predicted octanol–water partition coefficient (Wildman–Crippen LogP) is 0.454. The highest BCUT2D eigenvalue weighted by Crippen LogP contribution is 2.25. The standard InChI is InChI=1S/C16H20N4O4/c1-9-4-11(24-19-9)5-10-6-20(7-14(10)21)16(22)15-12-8-23-3-2-13(12)17-18-15/h4,10,14,21H,2-3,5-8H2,1H3,(H,17,18)/t10-,14+/m1/s1. The fourth-order valence-electron chi connectivity index (χ4n) is 3.43. The quantitative estimate of drug-likeness (QED) is 0.846. The first-order valence-electron chi connectivity index (χ1n) is 8.15. The van der Waals surface area contributed by atoms with Gasteiger partial charge in [-0.25, -0.2) is 0 Å². The fourth-order valence-corrected chi connectivity index (χ4v) is 3.43. The van der Waals surface area contributed by atoms with Crippen LogP contribution in [0.25, 0.3) is 0 Å². The van der Waals surface area contributed by atoms with Crippen LogP contribution in [0.5, 0.6) is 0 Å². The van der Waals surface area contributed by atoms with Gasteiger partial charge in [0.2, 0.25) is 0 Å². The van der Waals surface area contributed by atoms with E-state index in [4.69, 9.17) is 9.26 Å². The molecule has 0 radical (unpaired) electrons. The second kappa shape index (κ2) is 6.03. The predicted molar refractivity (Wildman–Crippen MR) is 82.3 cm³/mol. The van der Waals surface area contributed by atoms with Crippen molar-refractivity contribution in [2.45, 2.75) is 32.5 Å². The van der Waals surface area contributed by atoms with Crippen LogP contribution in [0.3, 0.4) is 0 Å². The Morgan fingerprint density at radius 2 is 2.38 bits per heavy atom. The second-order valence-electron chi connectivity index (χ2n) is 6.51. The number of fused-ring (bicyclic) bond motifs is 1. The van der Waals surface area contributed by atoms with Gasteiger partial charge in [-0.1, -0.05) is 5.16 Å². The van der Waals surface area contributed by atoms with Crippen LogP contribution < -0.4 is 0 Å². The second-order valence-corrected chi connectivity index (χ2v) is 6.51. The molecule has 0 bridgehead atoms. The molecule has 0 aliphatic carbocycles. The van der Waals surface area contributed by atoms with Gasteiger partial charge >= 0.3 is 0 Å². The van der Waals surface area contributed by atoms with Crippen LogP contribution in [-0.4, -0.2) is 57.1 Å². The average molecular weight is 332 g/mol. The van der Waals surface area contributed by atoms with Gasteiger partial charge in [0.05, 0.1) is 25.0 Å². The number of aromatic nitrogens is 3. The van der Waals surface area contributed by atoms with Gasteiger partial charge in [-0.15, -0.1) is 0 Å². The van der Waals surface area contributed by atoms with Gasteiger partial charge in [-0.3, -0.25) is 9.89 Å². The average Bonchev–Trinajstić information content (AvgIpc) is 3.27. The molecule has 1 saturated heterocycles. The Kier molecular flexibility index (Phi) is 3.85. The first kappa shape index (κ1) is 15.3. The van der Waals surface area contributed by atoms with E-state index in [0.29, 0.717) is 38.4 Å². The molecular weight excluding hydrogens is 312 g/mol. The Hall–Kier alpha value is -2.19. The van der Waals surface area contributed by atoms with Crippen LogP contribution in [0.1, 0.15) is 33.2 Å². The van der Waals surface area contributed by atoms with Crippen molar-refractivity contribution in [1.29, 1.82) is 0 Å². The first-order valence-corrected chi connectivity index (χ1v) is 8.15. The van der Waals surface area contributed by atoms with E-state index >= 15 is 0 Å². The van der Waals surface area contributed by atoms with E-state index in [1.807, 2.05) is 13.0 Å². The van der Waals surface area contributed by atoms with Gasteiger partial charge in [0.15, 0.2) is 5.69 Å². The molecule has 2 atom stereocenters. The number of rotatable bonds is 3. The van der Waals surface area contributed by atoms with E-state index in [0.717, 1.165) is 29.1 Å². The van der Waals surface area contributed by atoms with E-state index < -0.39 is 6.10 Å². The number of aryl methyl sites for hydroxylation is 1. The van der Waals surface area contributed by atoms with Crippen molar-refractivity contribution in [2.75, 3.05) is 19.7 Å². The number of nitrogens with one attached hydrogen (secondary N) is 1. The topological polar surface area (TPSA) is 104 Å². The molecule has 0 aromatic carbocycles. The lowest BCUT2D eigenvalue weighted by molar-refractivity contribution is 0.0745. The van der Waals surface area contributed by atoms with Crippen molar-refractivity contribution >= 4 is 5.91 Å². The molecule has 24 heavy (non-hydrogen) atoms. The Labute approximate surface area is 138 Å². The number of amides is 1. The maximum absolute atomic E-state index is 12.8. The van der Waals surface area contributed by atoms with Crippen molar-refractivity contribution in [1.82, 2.24) is 20.3 Å². The summed E-state index contributed by atoms with van der Waals surface area (Å²) < 4.78 is 10.7. The smallest absolute Gasteiger partial charge is 0.274 e. The summed E-state index contributed by atoms with van der Waals surface area (Å²) >= 11 is 0. The molecule has 0 spiro atoms. The number of carbonyl (C=O) groups is 1. The molecule has 0 unspecified atom stereocenters. The summed E-state index contributed by atoms with van der Waals surface area (Å²) in [5.41, 5.74) is 3.04. The van der Waals surface area contributed by atoms with Crippen LogP contribution in [0.15, 0.2) is 10.6 Å². The Balaban J connectivity index is 1.47. The molecule has 128 valence electrons. The van der Waals surface area contributed by atoms with E-state index in [2.05, 4.69) is 15.4 Å². The van der Waals surface area contributed by atoms with Gasteiger partial charge in [-0.2, -0.15) is 5.10 Å². The lowest BCUT2D eigenvalue weighted by Gasteiger charge is -2.17. The maximum Gasteiger partial charge on any atom is 0.274 e. The highest BCUT2D eigenvalue weighted by molar-refractivity contribution is 5.94. The van der Waals surface area contributed by atoms with Crippen molar-refractivity contribution < 1.29 is 19.2 Å². The van der Waals surface area contributed by atoms with Crippen LogP contribution >= 0.6 is 0 Å². The summed E-state index contributed by atoms with van der Waals surface area (Å²) in [4.78, 5) is 14.4. The molecular formula is C16H20N4O4. The summed E-state index contributed by atoms with van der Waals surface area (Å²) in [6.07, 6.45) is 0.726. The number of nitrogens with zero attached hydrogens (tertiary/aromatic N) is 3. The molecule has 2 aliphatic rings. The third kappa shape index (κ3) is 2.71. The largest absolute Gasteiger partial charge is 0.391 e. The molecule has 4 heterocycles. The lowest BCUT2D eigenvalue weighted by atomic mass is 10.0. The SMILES string of the molecule is Cc1cc(C[C@@H]2CN(C(=O)c3n[nH]c4c3COCC4)C[C@@H]2O)on1. The van der Waals surface area contributed by atoms with Gasteiger partial charge in [0.25, 0.3) is 5.91 Å². The molecule has 2 aliphatic heterocycles. The number of likely N-dealkylation sites (tertiary alicyclic amines) is 1. The molecule has 2 aromatic heterocycles. The van der Waals surface area contributed by atoms with Crippen molar-refractivity contribution in [3.05, 3.63) is 34.5 Å². The first-order chi connectivity index (χ1) is 11.6. The highest BCUT2D eigenvalue weighted by Gasteiger charge is 2.37. The Morgan fingerprint density at radius 1 is 1.50 bits per heavy atom. The molecule has 1 fully saturated rings. The summed E-state index contributed by atoms with van der Waals surface area (Å²) in [6.45, 7) is 3.69. The molecule has 8 nitrogen and oxygen atoms in total. The number of H-pyrrole nitrogens is 1. The van der Waals surface area contributed by atoms with E-state index in [1.165, 1.54) is 0 Å². The molecule has 0 saturated carbocycles.